The Kier molecular flexibility index (Phi) is 7.08. The van der Waals surface area contributed by atoms with Gasteiger partial charge in [-0.1, -0.05) is 24.3 Å². The highest BCUT2D eigenvalue weighted by Crippen LogP contribution is 2.20. The minimum atomic E-state index is -0.679. The maximum atomic E-state index is 12.5. The van der Waals surface area contributed by atoms with Crippen LogP contribution in [0.15, 0.2) is 54.9 Å². The summed E-state index contributed by atoms with van der Waals surface area (Å²) in [5.74, 6) is 0.140. The fourth-order valence-electron chi connectivity index (χ4n) is 3.27. The number of nitrogens with zero attached hydrogens (tertiary/aromatic N) is 2. The number of anilines is 1. The summed E-state index contributed by atoms with van der Waals surface area (Å²) in [6, 6.07) is 12.1. The molecule has 2 atom stereocenters. The van der Waals surface area contributed by atoms with Crippen molar-refractivity contribution in [3.05, 3.63) is 66.1 Å². The van der Waals surface area contributed by atoms with Crippen LogP contribution in [0.4, 0.5) is 5.82 Å². The van der Waals surface area contributed by atoms with Gasteiger partial charge in [0.25, 0.3) is 0 Å². The van der Waals surface area contributed by atoms with Crippen LogP contribution < -0.4 is 16.8 Å². The highest BCUT2D eigenvalue weighted by atomic mass is 16.2. The number of nitrogens with two attached hydrogens (primary N) is 2. The summed E-state index contributed by atoms with van der Waals surface area (Å²) in [6.07, 6.45) is 5.38. The monoisotopic (exact) mass is 405 g/mol. The second-order valence-electron chi connectivity index (χ2n) is 7.41. The lowest BCUT2D eigenvalue weighted by molar-refractivity contribution is -0.128. The Morgan fingerprint density at radius 3 is 2.67 bits per heavy atom. The lowest BCUT2D eigenvalue weighted by Gasteiger charge is -2.17. The van der Waals surface area contributed by atoms with Gasteiger partial charge in [-0.2, -0.15) is 0 Å². The van der Waals surface area contributed by atoms with Gasteiger partial charge in [0.15, 0.2) is 5.78 Å². The molecule has 0 fully saturated rings. The molecule has 0 radical (unpaired) electrons. The summed E-state index contributed by atoms with van der Waals surface area (Å²) in [7, 11) is 0. The summed E-state index contributed by atoms with van der Waals surface area (Å²) < 4.78 is 0. The molecule has 30 heavy (non-hydrogen) atoms. The summed E-state index contributed by atoms with van der Waals surface area (Å²) >= 11 is 0. The van der Waals surface area contributed by atoms with E-state index < -0.39 is 12.1 Å². The quantitative estimate of drug-likeness (QED) is 0.501. The third-order valence-corrected chi connectivity index (χ3v) is 5.14. The van der Waals surface area contributed by atoms with Crippen LogP contribution in [0.25, 0.3) is 10.8 Å². The molecule has 3 aromatic rings. The van der Waals surface area contributed by atoms with Gasteiger partial charge in [0.2, 0.25) is 5.91 Å². The third-order valence-electron chi connectivity index (χ3n) is 5.14. The molecule has 7 nitrogen and oxygen atoms in total. The maximum absolute atomic E-state index is 12.5. The second kappa shape index (κ2) is 9.93. The Balaban J connectivity index is 1.47. The van der Waals surface area contributed by atoms with Crippen molar-refractivity contribution in [3.63, 3.8) is 0 Å². The number of nitrogen functional groups attached to an aromatic ring is 1. The summed E-state index contributed by atoms with van der Waals surface area (Å²) in [6.45, 7) is 1.69. The molecule has 7 heteroatoms. The third kappa shape index (κ3) is 5.61. The first kappa shape index (κ1) is 21.4. The summed E-state index contributed by atoms with van der Waals surface area (Å²) in [5.41, 5.74) is 13.8. The smallest absolute Gasteiger partial charge is 0.237 e. The van der Waals surface area contributed by atoms with Crippen LogP contribution in [0.3, 0.4) is 0 Å². The number of carbonyl (C=O) groups is 2. The van der Waals surface area contributed by atoms with E-state index in [0.717, 1.165) is 22.0 Å². The number of Topliss-reactive ketones (excluding diaryl/α,β-unsaturated/α-hetero) is 1. The van der Waals surface area contributed by atoms with Gasteiger partial charge in [-0.15, -0.1) is 0 Å². The molecule has 3 rings (SSSR count). The topological polar surface area (TPSA) is 124 Å². The van der Waals surface area contributed by atoms with E-state index in [-0.39, 0.29) is 11.7 Å². The Bertz CT molecular complexity index is 1020. The van der Waals surface area contributed by atoms with E-state index in [1.165, 1.54) is 0 Å². The largest absolute Gasteiger partial charge is 0.383 e. The first-order chi connectivity index (χ1) is 14.4. The lowest BCUT2D eigenvalue weighted by atomic mass is 10.0. The zero-order chi connectivity index (χ0) is 21.5. The molecular weight excluding hydrogens is 378 g/mol. The number of nitrogens with one attached hydrogen (secondary N) is 1. The normalized spacial score (nSPS) is 13.0. The number of rotatable bonds is 9. The average molecular weight is 406 g/mol. The van der Waals surface area contributed by atoms with Crippen molar-refractivity contribution in [2.24, 2.45) is 5.73 Å². The van der Waals surface area contributed by atoms with Crippen molar-refractivity contribution in [1.82, 2.24) is 15.3 Å². The van der Waals surface area contributed by atoms with Gasteiger partial charge in [-0.3, -0.25) is 14.6 Å². The van der Waals surface area contributed by atoms with Crippen LogP contribution in [0.1, 0.15) is 31.0 Å². The molecule has 1 aromatic carbocycles. The molecular formula is C23H27N5O2. The van der Waals surface area contributed by atoms with Crippen molar-refractivity contribution in [2.75, 3.05) is 5.73 Å². The molecule has 156 valence electrons. The molecule has 0 saturated carbocycles. The minimum absolute atomic E-state index is 0.0328. The fraction of sp³-hybridized carbons (Fsp3) is 0.304. The van der Waals surface area contributed by atoms with Crippen molar-refractivity contribution in [2.45, 2.75) is 44.7 Å². The molecule has 0 aliphatic heterocycles. The first-order valence-electron chi connectivity index (χ1n) is 10.1. The van der Waals surface area contributed by atoms with Crippen LogP contribution in [0.2, 0.25) is 0 Å². The molecule has 0 saturated heterocycles. The zero-order valence-electron chi connectivity index (χ0n) is 17.0. The SMILES string of the molecule is C[C@H](NC(=O)[C@@H](N)CCc1ccccn1)C(=O)CCc1ccc2c(N)nccc2c1. The van der Waals surface area contributed by atoms with E-state index in [1.807, 2.05) is 42.5 Å². The molecule has 1 amide bonds. The van der Waals surface area contributed by atoms with Crippen LogP contribution >= 0.6 is 0 Å². The van der Waals surface area contributed by atoms with Crippen LogP contribution in [0.5, 0.6) is 0 Å². The van der Waals surface area contributed by atoms with E-state index in [9.17, 15) is 9.59 Å². The standard InChI is InChI=1S/C23H27N5O2/c1-15(28-23(30)20(24)9-7-18-4-2-3-12-26-18)21(29)10-6-16-5-8-19-17(14-16)11-13-27-22(19)25/h2-5,8,11-15,20H,6-7,9-10,24H2,1H3,(H2,25,27)(H,28,30)/t15-,20-/m0/s1. The van der Waals surface area contributed by atoms with E-state index in [4.69, 9.17) is 11.5 Å². The van der Waals surface area contributed by atoms with E-state index in [1.54, 1.807) is 19.3 Å². The van der Waals surface area contributed by atoms with Gasteiger partial charge in [-0.25, -0.2) is 4.98 Å². The predicted molar refractivity (Wildman–Crippen MR) is 118 cm³/mol. The number of carbonyl (C=O) groups excluding carboxylic acids is 2. The molecule has 2 heterocycles. The summed E-state index contributed by atoms with van der Waals surface area (Å²) in [4.78, 5) is 33.1. The fourth-order valence-corrected chi connectivity index (χ4v) is 3.27. The number of hydrogen-bond acceptors (Lipinski definition) is 6. The Morgan fingerprint density at radius 2 is 1.90 bits per heavy atom. The Hall–Kier alpha value is -3.32. The summed E-state index contributed by atoms with van der Waals surface area (Å²) in [5, 5.41) is 4.62. The molecule has 0 spiro atoms. The van der Waals surface area contributed by atoms with Crippen molar-refractivity contribution >= 4 is 28.3 Å². The van der Waals surface area contributed by atoms with Gasteiger partial charge in [0.1, 0.15) is 5.82 Å². The molecule has 0 bridgehead atoms. The van der Waals surface area contributed by atoms with Crippen molar-refractivity contribution in [3.8, 4) is 0 Å². The number of hydrogen-bond donors (Lipinski definition) is 3. The number of pyridine rings is 2. The van der Waals surface area contributed by atoms with Gasteiger partial charge >= 0.3 is 0 Å². The van der Waals surface area contributed by atoms with Crippen LogP contribution in [-0.2, 0) is 22.4 Å². The van der Waals surface area contributed by atoms with Gasteiger partial charge < -0.3 is 16.8 Å². The number of aromatic nitrogens is 2. The Labute approximate surface area is 175 Å². The van der Waals surface area contributed by atoms with Crippen LogP contribution in [0, 0.1) is 0 Å². The maximum Gasteiger partial charge on any atom is 0.237 e. The molecule has 0 aliphatic carbocycles. The number of aryl methyl sites for hydroxylation is 2. The van der Waals surface area contributed by atoms with E-state index in [2.05, 4.69) is 15.3 Å². The minimum Gasteiger partial charge on any atom is -0.383 e. The number of ketones is 1. The highest BCUT2D eigenvalue weighted by molar-refractivity contribution is 5.92. The molecule has 2 aromatic heterocycles. The molecule has 0 unspecified atom stereocenters. The van der Waals surface area contributed by atoms with Gasteiger partial charge in [0, 0.05) is 29.9 Å². The van der Waals surface area contributed by atoms with Gasteiger partial charge in [-0.05, 0) is 55.3 Å². The highest BCUT2D eigenvalue weighted by Gasteiger charge is 2.20. The second-order valence-corrected chi connectivity index (χ2v) is 7.41. The predicted octanol–water partition coefficient (Wildman–Crippen LogP) is 2.18. The number of benzene rings is 1. The van der Waals surface area contributed by atoms with E-state index >= 15 is 0 Å². The molecule has 0 aliphatic rings. The van der Waals surface area contributed by atoms with Crippen LogP contribution in [-0.4, -0.2) is 33.7 Å². The average Bonchev–Trinajstić information content (AvgIpc) is 2.76. The Morgan fingerprint density at radius 1 is 1.07 bits per heavy atom. The van der Waals surface area contributed by atoms with Crippen molar-refractivity contribution < 1.29 is 9.59 Å². The lowest BCUT2D eigenvalue weighted by Crippen LogP contribution is -2.47. The zero-order valence-corrected chi connectivity index (χ0v) is 17.0. The first-order valence-corrected chi connectivity index (χ1v) is 10.1. The number of amides is 1. The number of fused-ring (bicyclic) bond motifs is 1. The molecule has 5 N–H and O–H groups in total. The van der Waals surface area contributed by atoms with E-state index in [0.29, 0.717) is 31.5 Å². The van der Waals surface area contributed by atoms with Gasteiger partial charge in [0.05, 0.1) is 12.1 Å². The van der Waals surface area contributed by atoms with Crippen molar-refractivity contribution in [1.29, 1.82) is 0 Å².